The van der Waals surface area contributed by atoms with E-state index < -0.39 is 9.84 Å². The molecule has 7 heteroatoms. The second-order valence-electron chi connectivity index (χ2n) is 3.32. The van der Waals surface area contributed by atoms with Crippen molar-refractivity contribution in [1.82, 2.24) is 9.97 Å². The molecule has 0 aliphatic heterocycles. The Labute approximate surface area is 98.2 Å². The Kier molecular flexibility index (Phi) is 2.68. The van der Waals surface area contributed by atoms with Gasteiger partial charge in [-0.05, 0) is 24.3 Å². The van der Waals surface area contributed by atoms with E-state index in [-0.39, 0.29) is 15.7 Å². The van der Waals surface area contributed by atoms with Crippen molar-refractivity contribution in [3.05, 3.63) is 36.7 Å². The summed E-state index contributed by atoms with van der Waals surface area (Å²) in [5.74, 6) is -0.121. The van der Waals surface area contributed by atoms with Crippen LogP contribution in [-0.2, 0) is 9.84 Å². The number of hydrogen-bond acceptors (Lipinski definition) is 6. The molecule has 0 saturated heterocycles. The zero-order valence-corrected chi connectivity index (χ0v) is 9.55. The van der Waals surface area contributed by atoms with Gasteiger partial charge in [0.25, 0.3) is 0 Å². The second kappa shape index (κ2) is 4.02. The topological polar surface area (TPSA) is 112 Å². The quantitative estimate of drug-likeness (QED) is 0.749. The van der Waals surface area contributed by atoms with Gasteiger partial charge in [0.1, 0.15) is 0 Å². The lowest BCUT2D eigenvalue weighted by Gasteiger charge is -2.05. The lowest BCUT2D eigenvalue weighted by molar-refractivity contribution is 0.592. The molecule has 2 aromatic rings. The third-order valence-electron chi connectivity index (χ3n) is 2.14. The molecule has 0 amide bonds. The number of anilines is 2. The first-order valence-corrected chi connectivity index (χ1v) is 6.17. The van der Waals surface area contributed by atoms with Crippen LogP contribution in [0.15, 0.2) is 46.6 Å². The van der Waals surface area contributed by atoms with Gasteiger partial charge in [0.15, 0.2) is 5.82 Å². The predicted molar refractivity (Wildman–Crippen MR) is 62.8 cm³/mol. The maximum atomic E-state index is 12.1. The van der Waals surface area contributed by atoms with E-state index in [0.717, 1.165) is 0 Å². The Balaban J connectivity index is 2.58. The SMILES string of the molecule is Nc1ccc(S(=O)(=O)c2nccnc2N)cc1. The summed E-state index contributed by atoms with van der Waals surface area (Å²) in [6, 6.07) is 5.80. The van der Waals surface area contributed by atoms with Crippen molar-refractivity contribution >= 4 is 21.3 Å². The lowest BCUT2D eigenvalue weighted by atomic mass is 10.3. The minimum Gasteiger partial charge on any atom is -0.399 e. The highest BCUT2D eigenvalue weighted by Gasteiger charge is 2.22. The minimum atomic E-state index is -3.74. The van der Waals surface area contributed by atoms with Crippen LogP contribution in [0.2, 0.25) is 0 Å². The fourth-order valence-corrected chi connectivity index (χ4v) is 2.55. The number of rotatable bonds is 2. The first-order valence-electron chi connectivity index (χ1n) is 4.69. The molecule has 0 aliphatic rings. The van der Waals surface area contributed by atoms with Gasteiger partial charge in [-0.25, -0.2) is 18.4 Å². The molecule has 4 N–H and O–H groups in total. The Morgan fingerprint density at radius 3 is 2.12 bits per heavy atom. The van der Waals surface area contributed by atoms with Crippen molar-refractivity contribution in [2.75, 3.05) is 11.5 Å². The normalized spacial score (nSPS) is 11.3. The van der Waals surface area contributed by atoms with Crippen molar-refractivity contribution in [3.63, 3.8) is 0 Å². The number of nitrogens with zero attached hydrogens (tertiary/aromatic N) is 2. The summed E-state index contributed by atoms with van der Waals surface area (Å²) >= 11 is 0. The Hall–Kier alpha value is -2.15. The molecule has 1 aromatic heterocycles. The molecular formula is C10H10N4O2S. The van der Waals surface area contributed by atoms with E-state index in [4.69, 9.17) is 11.5 Å². The van der Waals surface area contributed by atoms with Gasteiger partial charge in [-0.3, -0.25) is 0 Å². The van der Waals surface area contributed by atoms with Crippen molar-refractivity contribution in [3.8, 4) is 0 Å². The number of aromatic nitrogens is 2. The molecule has 17 heavy (non-hydrogen) atoms. The maximum absolute atomic E-state index is 12.1. The van der Waals surface area contributed by atoms with Gasteiger partial charge in [-0.1, -0.05) is 0 Å². The molecule has 0 aliphatic carbocycles. The Bertz CT molecular complexity index is 638. The monoisotopic (exact) mass is 250 g/mol. The van der Waals surface area contributed by atoms with Gasteiger partial charge in [0.05, 0.1) is 4.90 Å². The number of sulfone groups is 1. The molecule has 0 unspecified atom stereocenters. The molecule has 0 spiro atoms. The maximum Gasteiger partial charge on any atom is 0.227 e. The predicted octanol–water partition coefficient (Wildman–Crippen LogP) is 0.474. The Morgan fingerprint density at radius 2 is 1.53 bits per heavy atom. The van der Waals surface area contributed by atoms with Crippen LogP contribution >= 0.6 is 0 Å². The summed E-state index contributed by atoms with van der Waals surface area (Å²) in [6.45, 7) is 0. The second-order valence-corrected chi connectivity index (χ2v) is 5.18. The fraction of sp³-hybridized carbons (Fsp3) is 0. The number of benzene rings is 1. The summed E-state index contributed by atoms with van der Waals surface area (Å²) in [5.41, 5.74) is 11.5. The standard InChI is InChI=1S/C10H10N4O2S/c11-7-1-3-8(4-2-7)17(15,16)10-9(12)13-5-6-14-10/h1-6H,11H2,(H2,12,13). The van der Waals surface area contributed by atoms with Gasteiger partial charge < -0.3 is 11.5 Å². The zero-order valence-electron chi connectivity index (χ0n) is 8.74. The molecule has 2 rings (SSSR count). The highest BCUT2D eigenvalue weighted by Crippen LogP contribution is 2.22. The van der Waals surface area contributed by atoms with E-state index in [1.54, 1.807) is 0 Å². The van der Waals surface area contributed by atoms with Crippen molar-refractivity contribution in [2.24, 2.45) is 0 Å². The van der Waals surface area contributed by atoms with Crippen LogP contribution in [0.25, 0.3) is 0 Å². The highest BCUT2D eigenvalue weighted by molar-refractivity contribution is 7.91. The fourth-order valence-electron chi connectivity index (χ4n) is 1.30. The molecule has 0 bridgehead atoms. The average molecular weight is 250 g/mol. The summed E-state index contributed by atoms with van der Waals surface area (Å²) in [6.07, 6.45) is 2.61. The first-order chi connectivity index (χ1) is 8.01. The van der Waals surface area contributed by atoms with Gasteiger partial charge in [-0.2, -0.15) is 0 Å². The minimum absolute atomic E-state index is 0.0823. The number of nitrogen functional groups attached to an aromatic ring is 2. The molecule has 0 atom stereocenters. The van der Waals surface area contributed by atoms with Crippen LogP contribution in [0.1, 0.15) is 0 Å². The molecule has 0 fully saturated rings. The van der Waals surface area contributed by atoms with Crippen LogP contribution in [0, 0.1) is 0 Å². The van der Waals surface area contributed by atoms with Crippen LogP contribution in [-0.4, -0.2) is 18.4 Å². The summed E-state index contributed by atoms with van der Waals surface area (Å²) in [5, 5.41) is -0.246. The summed E-state index contributed by atoms with van der Waals surface area (Å²) in [7, 11) is -3.74. The average Bonchev–Trinajstić information content (AvgIpc) is 2.30. The largest absolute Gasteiger partial charge is 0.399 e. The van der Waals surface area contributed by atoms with Gasteiger partial charge >= 0.3 is 0 Å². The summed E-state index contributed by atoms with van der Waals surface area (Å²) < 4.78 is 24.3. The third-order valence-corrected chi connectivity index (χ3v) is 3.85. The van der Waals surface area contributed by atoms with Crippen molar-refractivity contribution in [1.29, 1.82) is 0 Å². The summed E-state index contributed by atoms with van der Waals surface area (Å²) in [4.78, 5) is 7.52. The van der Waals surface area contributed by atoms with Crippen LogP contribution < -0.4 is 11.5 Å². The van der Waals surface area contributed by atoms with Gasteiger partial charge in [0, 0.05) is 18.1 Å². The number of nitrogens with two attached hydrogens (primary N) is 2. The first kappa shape index (κ1) is 11.3. The molecule has 6 nitrogen and oxygen atoms in total. The molecule has 1 aromatic carbocycles. The third kappa shape index (κ3) is 2.04. The molecule has 1 heterocycles. The van der Waals surface area contributed by atoms with E-state index in [2.05, 4.69) is 9.97 Å². The molecule has 0 radical (unpaired) electrons. The Morgan fingerprint density at radius 1 is 0.941 bits per heavy atom. The van der Waals surface area contributed by atoms with Gasteiger partial charge in [0.2, 0.25) is 14.9 Å². The van der Waals surface area contributed by atoms with E-state index >= 15 is 0 Å². The lowest BCUT2D eigenvalue weighted by Crippen LogP contribution is -2.09. The van der Waals surface area contributed by atoms with E-state index in [0.29, 0.717) is 5.69 Å². The molecule has 88 valence electrons. The van der Waals surface area contributed by atoms with E-state index in [1.165, 1.54) is 36.7 Å². The van der Waals surface area contributed by atoms with Crippen LogP contribution in [0.3, 0.4) is 0 Å². The van der Waals surface area contributed by atoms with Crippen molar-refractivity contribution in [2.45, 2.75) is 9.92 Å². The van der Waals surface area contributed by atoms with E-state index in [9.17, 15) is 8.42 Å². The smallest absolute Gasteiger partial charge is 0.227 e. The zero-order chi connectivity index (χ0) is 12.5. The van der Waals surface area contributed by atoms with Crippen LogP contribution in [0.5, 0.6) is 0 Å². The van der Waals surface area contributed by atoms with E-state index in [1.807, 2.05) is 0 Å². The van der Waals surface area contributed by atoms with Crippen LogP contribution in [0.4, 0.5) is 11.5 Å². The molecular weight excluding hydrogens is 240 g/mol. The molecule has 0 saturated carbocycles. The van der Waals surface area contributed by atoms with Crippen molar-refractivity contribution < 1.29 is 8.42 Å². The number of hydrogen-bond donors (Lipinski definition) is 2. The highest BCUT2D eigenvalue weighted by atomic mass is 32.2. The van der Waals surface area contributed by atoms with Gasteiger partial charge in [-0.15, -0.1) is 0 Å².